The Morgan fingerprint density at radius 1 is 1.20 bits per heavy atom. The van der Waals surface area contributed by atoms with Crippen LogP contribution in [0.1, 0.15) is 26.3 Å². The van der Waals surface area contributed by atoms with Crippen molar-refractivity contribution in [1.29, 1.82) is 0 Å². The van der Waals surface area contributed by atoms with E-state index < -0.39 is 0 Å². The minimum Gasteiger partial charge on any atom is -0.348 e. The zero-order valence-corrected chi connectivity index (χ0v) is 14.0. The van der Waals surface area contributed by atoms with Crippen LogP contribution in [0.25, 0.3) is 0 Å². The van der Waals surface area contributed by atoms with Crippen LogP contribution in [0.15, 0.2) is 29.2 Å². The van der Waals surface area contributed by atoms with Crippen LogP contribution in [-0.2, 0) is 11.3 Å². The maximum atomic E-state index is 11.8. The van der Waals surface area contributed by atoms with Gasteiger partial charge in [0.15, 0.2) is 0 Å². The van der Waals surface area contributed by atoms with Gasteiger partial charge in [-0.15, -0.1) is 11.8 Å². The quantitative estimate of drug-likeness (QED) is 0.785. The Morgan fingerprint density at radius 2 is 1.80 bits per heavy atom. The van der Waals surface area contributed by atoms with Gasteiger partial charge >= 0.3 is 0 Å². The van der Waals surface area contributed by atoms with Crippen molar-refractivity contribution >= 4 is 17.7 Å². The van der Waals surface area contributed by atoms with Gasteiger partial charge in [0.05, 0.1) is 5.25 Å². The number of carbonyl (C=O) groups excluding carboxylic acids is 1. The Kier molecular flexibility index (Phi) is 7.10. The summed E-state index contributed by atoms with van der Waals surface area (Å²) in [6.07, 6.45) is 0. The van der Waals surface area contributed by atoms with Crippen LogP contribution in [0.3, 0.4) is 0 Å². The van der Waals surface area contributed by atoms with Gasteiger partial charge in [-0.2, -0.15) is 0 Å². The van der Waals surface area contributed by atoms with Crippen LogP contribution in [-0.4, -0.2) is 36.7 Å². The van der Waals surface area contributed by atoms with Gasteiger partial charge in [-0.3, -0.25) is 4.79 Å². The van der Waals surface area contributed by atoms with Crippen molar-refractivity contribution in [1.82, 2.24) is 10.2 Å². The molecule has 1 N–H and O–H groups in total. The van der Waals surface area contributed by atoms with Gasteiger partial charge in [0.25, 0.3) is 0 Å². The normalized spacial score (nSPS) is 12.5. The standard InChI is InChI=1S/C16H26N2OS/c1-12(2)10-17-11-14-6-8-15(9-7-14)20-13(3)16(19)18(4)5/h6-9,12-13,17H,10-11H2,1-5H3. The van der Waals surface area contributed by atoms with Gasteiger partial charge in [0.2, 0.25) is 5.91 Å². The van der Waals surface area contributed by atoms with E-state index in [0.717, 1.165) is 18.0 Å². The smallest absolute Gasteiger partial charge is 0.235 e. The van der Waals surface area contributed by atoms with E-state index in [0.29, 0.717) is 5.92 Å². The lowest BCUT2D eigenvalue weighted by Crippen LogP contribution is -2.29. The Balaban J connectivity index is 2.48. The van der Waals surface area contributed by atoms with Gasteiger partial charge in [0.1, 0.15) is 0 Å². The molecule has 0 saturated carbocycles. The molecule has 0 radical (unpaired) electrons. The van der Waals surface area contributed by atoms with Crippen molar-refractivity contribution in [2.24, 2.45) is 5.92 Å². The first-order valence-electron chi connectivity index (χ1n) is 7.07. The third kappa shape index (κ3) is 5.97. The molecule has 0 aromatic heterocycles. The largest absolute Gasteiger partial charge is 0.348 e. The van der Waals surface area contributed by atoms with Crippen molar-refractivity contribution in [3.8, 4) is 0 Å². The number of thioether (sulfide) groups is 1. The summed E-state index contributed by atoms with van der Waals surface area (Å²) in [6, 6.07) is 8.44. The number of nitrogens with one attached hydrogen (secondary N) is 1. The molecule has 1 aromatic carbocycles. The third-order valence-electron chi connectivity index (χ3n) is 2.91. The Hall–Kier alpha value is -1.00. The fraction of sp³-hybridized carbons (Fsp3) is 0.562. The van der Waals surface area contributed by atoms with Crippen LogP contribution >= 0.6 is 11.8 Å². The molecule has 0 spiro atoms. The highest BCUT2D eigenvalue weighted by Gasteiger charge is 2.15. The van der Waals surface area contributed by atoms with Crippen molar-refractivity contribution in [2.75, 3.05) is 20.6 Å². The third-order valence-corrected chi connectivity index (χ3v) is 4.01. The van der Waals surface area contributed by atoms with Crippen molar-refractivity contribution in [3.63, 3.8) is 0 Å². The van der Waals surface area contributed by atoms with Crippen LogP contribution < -0.4 is 5.32 Å². The van der Waals surface area contributed by atoms with Gasteiger partial charge in [-0.1, -0.05) is 26.0 Å². The molecular formula is C16H26N2OS. The first kappa shape index (κ1) is 17.1. The van der Waals surface area contributed by atoms with Crippen LogP contribution in [0.4, 0.5) is 0 Å². The van der Waals surface area contributed by atoms with E-state index in [9.17, 15) is 4.79 Å². The molecule has 0 aliphatic carbocycles. The minimum atomic E-state index is -0.0464. The second-order valence-electron chi connectivity index (χ2n) is 5.66. The summed E-state index contributed by atoms with van der Waals surface area (Å²) < 4.78 is 0. The van der Waals surface area contributed by atoms with Crippen molar-refractivity contribution in [3.05, 3.63) is 29.8 Å². The number of amides is 1. The minimum absolute atomic E-state index is 0.0464. The second kappa shape index (κ2) is 8.32. The van der Waals surface area contributed by atoms with E-state index in [4.69, 9.17) is 0 Å². The lowest BCUT2D eigenvalue weighted by Gasteiger charge is -2.16. The number of nitrogens with zero attached hydrogens (tertiary/aromatic N) is 1. The first-order valence-corrected chi connectivity index (χ1v) is 7.95. The molecule has 112 valence electrons. The molecule has 1 rings (SSSR count). The zero-order chi connectivity index (χ0) is 15.1. The van der Waals surface area contributed by atoms with Crippen LogP contribution in [0, 0.1) is 5.92 Å². The molecule has 0 heterocycles. The maximum Gasteiger partial charge on any atom is 0.235 e. The maximum absolute atomic E-state index is 11.8. The van der Waals surface area contributed by atoms with Gasteiger partial charge in [-0.05, 0) is 37.1 Å². The molecule has 0 saturated heterocycles. The molecule has 20 heavy (non-hydrogen) atoms. The molecule has 4 heteroatoms. The number of benzene rings is 1. The summed E-state index contributed by atoms with van der Waals surface area (Å²) in [6.45, 7) is 8.29. The fourth-order valence-corrected chi connectivity index (χ4v) is 2.82. The number of hydrogen-bond acceptors (Lipinski definition) is 3. The predicted octanol–water partition coefficient (Wildman–Crippen LogP) is 3.00. The molecular weight excluding hydrogens is 268 g/mol. The molecule has 0 aliphatic heterocycles. The molecule has 1 amide bonds. The summed E-state index contributed by atoms with van der Waals surface area (Å²) in [5.41, 5.74) is 1.28. The lowest BCUT2D eigenvalue weighted by atomic mass is 10.2. The number of rotatable bonds is 7. The molecule has 1 aromatic rings. The van der Waals surface area contributed by atoms with Crippen LogP contribution in [0.5, 0.6) is 0 Å². The summed E-state index contributed by atoms with van der Waals surface area (Å²) >= 11 is 1.61. The van der Waals surface area contributed by atoms with Crippen LogP contribution in [0.2, 0.25) is 0 Å². The number of hydrogen-bond donors (Lipinski definition) is 1. The molecule has 0 bridgehead atoms. The molecule has 0 fully saturated rings. The summed E-state index contributed by atoms with van der Waals surface area (Å²) in [5, 5.41) is 3.38. The first-order chi connectivity index (χ1) is 9.40. The van der Waals surface area contributed by atoms with E-state index in [1.54, 1.807) is 30.8 Å². The summed E-state index contributed by atoms with van der Waals surface area (Å²) in [5.74, 6) is 0.820. The zero-order valence-electron chi connectivity index (χ0n) is 13.1. The summed E-state index contributed by atoms with van der Waals surface area (Å²) in [4.78, 5) is 14.6. The number of carbonyl (C=O) groups is 1. The molecule has 0 aliphatic rings. The van der Waals surface area contributed by atoms with E-state index in [1.165, 1.54) is 5.56 Å². The van der Waals surface area contributed by atoms with E-state index in [1.807, 2.05) is 6.92 Å². The Morgan fingerprint density at radius 3 is 2.30 bits per heavy atom. The van der Waals surface area contributed by atoms with E-state index >= 15 is 0 Å². The summed E-state index contributed by atoms with van der Waals surface area (Å²) in [7, 11) is 3.59. The molecule has 1 unspecified atom stereocenters. The van der Waals surface area contributed by atoms with E-state index in [-0.39, 0.29) is 11.2 Å². The lowest BCUT2D eigenvalue weighted by molar-refractivity contribution is -0.127. The van der Waals surface area contributed by atoms with Crippen molar-refractivity contribution < 1.29 is 4.79 Å². The molecule has 3 nitrogen and oxygen atoms in total. The highest BCUT2D eigenvalue weighted by atomic mass is 32.2. The van der Waals surface area contributed by atoms with Gasteiger partial charge in [0, 0.05) is 25.5 Å². The highest BCUT2D eigenvalue weighted by molar-refractivity contribution is 8.00. The highest BCUT2D eigenvalue weighted by Crippen LogP contribution is 2.24. The monoisotopic (exact) mass is 294 g/mol. The van der Waals surface area contributed by atoms with Gasteiger partial charge < -0.3 is 10.2 Å². The van der Waals surface area contributed by atoms with E-state index in [2.05, 4.69) is 43.4 Å². The fourth-order valence-electron chi connectivity index (χ4n) is 1.81. The van der Waals surface area contributed by atoms with Gasteiger partial charge in [-0.25, -0.2) is 0 Å². The second-order valence-corrected chi connectivity index (χ2v) is 7.08. The SMILES string of the molecule is CC(C)CNCc1ccc(SC(C)C(=O)N(C)C)cc1. The predicted molar refractivity (Wildman–Crippen MR) is 87.0 cm³/mol. The average Bonchev–Trinajstić information content (AvgIpc) is 2.39. The topological polar surface area (TPSA) is 32.3 Å². The Bertz CT molecular complexity index is 415. The molecule has 1 atom stereocenters. The Labute approximate surface area is 127 Å². The van der Waals surface area contributed by atoms with Crippen molar-refractivity contribution in [2.45, 2.75) is 37.5 Å². The average molecular weight is 294 g/mol.